The van der Waals surface area contributed by atoms with Crippen LogP contribution >= 0.6 is 0 Å². The van der Waals surface area contributed by atoms with Gasteiger partial charge in [0.2, 0.25) is 11.8 Å². The van der Waals surface area contributed by atoms with E-state index in [-0.39, 0.29) is 23.5 Å². The molecule has 0 saturated carbocycles. The lowest BCUT2D eigenvalue weighted by Gasteiger charge is -2.21. The molecule has 7 heteroatoms. The molecule has 0 aliphatic carbocycles. The number of hydrogen-bond acceptors (Lipinski definition) is 6. The number of amides is 1. The summed E-state index contributed by atoms with van der Waals surface area (Å²) < 4.78 is 11.7. The van der Waals surface area contributed by atoms with Crippen LogP contribution in [0, 0.1) is 5.92 Å². The Bertz CT molecular complexity index is 1090. The van der Waals surface area contributed by atoms with Crippen LogP contribution in [0.3, 0.4) is 0 Å². The molecule has 0 aliphatic rings. The fourth-order valence-electron chi connectivity index (χ4n) is 4.23. The van der Waals surface area contributed by atoms with Crippen molar-refractivity contribution >= 4 is 22.6 Å². The normalized spacial score (nSPS) is 13.1. The monoisotopic (exact) mass is 451 g/mol. The predicted octanol–water partition coefficient (Wildman–Crippen LogP) is 5.42. The van der Waals surface area contributed by atoms with Crippen molar-refractivity contribution in [2.24, 2.45) is 11.7 Å². The van der Waals surface area contributed by atoms with Crippen molar-refractivity contribution in [1.82, 2.24) is 9.97 Å². The summed E-state index contributed by atoms with van der Waals surface area (Å²) in [7, 11) is 1.57. The Kier molecular flexibility index (Phi) is 8.58. The minimum absolute atomic E-state index is 0.220. The number of fused-ring (bicyclic) bond motifs is 1. The Labute approximate surface area is 194 Å². The second-order valence-corrected chi connectivity index (χ2v) is 8.32. The molecule has 0 aliphatic heterocycles. The summed E-state index contributed by atoms with van der Waals surface area (Å²) in [6.07, 6.45) is 6.79. The molecule has 7 nitrogen and oxygen atoms in total. The van der Waals surface area contributed by atoms with Crippen LogP contribution in [0.5, 0.6) is 5.88 Å². The first-order valence-corrected chi connectivity index (χ1v) is 11.7. The molecule has 0 fully saturated rings. The number of ether oxygens (including phenoxy) is 1. The Morgan fingerprint density at radius 1 is 1.15 bits per heavy atom. The summed E-state index contributed by atoms with van der Waals surface area (Å²) >= 11 is 0. The van der Waals surface area contributed by atoms with Crippen molar-refractivity contribution in [1.29, 1.82) is 0 Å². The number of primary amides is 1. The van der Waals surface area contributed by atoms with Crippen LogP contribution in [0.25, 0.3) is 22.2 Å². The third kappa shape index (κ3) is 5.97. The van der Waals surface area contributed by atoms with Crippen LogP contribution in [-0.2, 0) is 9.59 Å². The maximum Gasteiger partial charge on any atom is 0.224 e. The van der Waals surface area contributed by atoms with Crippen LogP contribution in [-0.4, -0.2) is 28.8 Å². The van der Waals surface area contributed by atoms with Gasteiger partial charge in [-0.3, -0.25) is 9.59 Å². The van der Waals surface area contributed by atoms with Gasteiger partial charge in [-0.05, 0) is 31.4 Å². The van der Waals surface area contributed by atoms with Crippen LogP contribution in [0.15, 0.2) is 40.9 Å². The van der Waals surface area contributed by atoms with Crippen molar-refractivity contribution in [3.8, 4) is 17.2 Å². The Hall–Kier alpha value is -3.22. The molecule has 0 radical (unpaired) electrons. The summed E-state index contributed by atoms with van der Waals surface area (Å²) in [4.78, 5) is 32.8. The smallest absolute Gasteiger partial charge is 0.224 e. The fourth-order valence-corrected chi connectivity index (χ4v) is 4.23. The van der Waals surface area contributed by atoms with Crippen molar-refractivity contribution in [3.05, 3.63) is 42.4 Å². The third-order valence-electron chi connectivity index (χ3n) is 6.14. The molecule has 1 unspecified atom stereocenters. The number of carbonyl (C=O) groups is 2. The molecule has 2 N–H and O–H groups in total. The molecule has 2 aromatic heterocycles. The summed E-state index contributed by atoms with van der Waals surface area (Å²) in [5.41, 5.74) is 7.25. The number of carbonyl (C=O) groups excluding carboxylic acids is 2. The van der Waals surface area contributed by atoms with Gasteiger partial charge < -0.3 is 14.9 Å². The van der Waals surface area contributed by atoms with E-state index in [1.165, 1.54) is 0 Å². The Morgan fingerprint density at radius 2 is 1.94 bits per heavy atom. The summed E-state index contributed by atoms with van der Waals surface area (Å²) in [5, 5.41) is 0.966. The van der Waals surface area contributed by atoms with Crippen LogP contribution in [0.4, 0.5) is 0 Å². The number of hydrogen-bond donors (Lipinski definition) is 1. The Balaban J connectivity index is 1.84. The van der Waals surface area contributed by atoms with Crippen LogP contribution in [0.2, 0.25) is 0 Å². The first-order valence-electron chi connectivity index (χ1n) is 11.7. The SMILES string of the molecule is CCC(=O)CCCCC[C@H](c1ncc(-c2cc3ccccc3nc2OC)o1)C(CC)C(N)=O. The number of unbranched alkanes of at least 4 members (excludes halogenated alkanes) is 2. The van der Waals surface area contributed by atoms with Crippen molar-refractivity contribution in [3.63, 3.8) is 0 Å². The minimum atomic E-state index is -0.370. The maximum absolute atomic E-state index is 12.2. The number of oxazole rings is 1. The second kappa shape index (κ2) is 11.6. The van der Waals surface area contributed by atoms with Gasteiger partial charge in [0.15, 0.2) is 11.7 Å². The Morgan fingerprint density at radius 3 is 2.64 bits per heavy atom. The van der Waals surface area contributed by atoms with E-state index in [0.29, 0.717) is 42.4 Å². The average Bonchev–Trinajstić information content (AvgIpc) is 3.31. The average molecular weight is 452 g/mol. The van der Waals surface area contributed by atoms with E-state index >= 15 is 0 Å². The molecule has 1 amide bonds. The van der Waals surface area contributed by atoms with E-state index in [9.17, 15) is 9.59 Å². The van der Waals surface area contributed by atoms with Crippen molar-refractivity contribution in [2.45, 2.75) is 64.7 Å². The molecule has 1 aromatic carbocycles. The molecule has 3 rings (SSSR count). The highest BCUT2D eigenvalue weighted by Crippen LogP contribution is 2.37. The summed E-state index contributed by atoms with van der Waals surface area (Å²) in [6.45, 7) is 3.83. The summed E-state index contributed by atoms with van der Waals surface area (Å²) in [6, 6.07) is 9.76. The second-order valence-electron chi connectivity index (χ2n) is 8.32. The standard InChI is InChI=1S/C26H33N3O4/c1-4-18(30)12-7-6-8-13-20(19(5-2)24(27)31)25-28-16-23(33-25)21-15-17-11-9-10-14-22(17)29-26(21)32-3/h9-11,14-16,19-20H,4-8,12-13H2,1-3H3,(H2,27,31)/t19?,20-/m0/s1. The van der Waals surface area contributed by atoms with Gasteiger partial charge in [-0.1, -0.05) is 44.9 Å². The molecule has 0 saturated heterocycles. The molecular weight excluding hydrogens is 418 g/mol. The zero-order valence-electron chi connectivity index (χ0n) is 19.7. The molecule has 176 valence electrons. The lowest BCUT2D eigenvalue weighted by atomic mass is 9.85. The quantitative estimate of drug-likeness (QED) is 0.347. The first kappa shape index (κ1) is 24.4. The van der Waals surface area contributed by atoms with Gasteiger partial charge in [-0.2, -0.15) is 0 Å². The number of Topliss-reactive ketones (excluding diaryl/α,β-unsaturated/α-hetero) is 1. The number of nitrogens with two attached hydrogens (primary N) is 1. The van der Waals surface area contributed by atoms with E-state index in [0.717, 1.165) is 36.6 Å². The van der Waals surface area contributed by atoms with Crippen LogP contribution in [0.1, 0.15) is 70.6 Å². The van der Waals surface area contributed by atoms with Gasteiger partial charge in [-0.15, -0.1) is 0 Å². The molecule has 2 atom stereocenters. The number of rotatable bonds is 13. The lowest BCUT2D eigenvalue weighted by molar-refractivity contribution is -0.123. The number of nitrogens with zero attached hydrogens (tertiary/aromatic N) is 2. The van der Waals surface area contributed by atoms with E-state index in [2.05, 4.69) is 9.97 Å². The number of benzene rings is 1. The largest absolute Gasteiger partial charge is 0.480 e. The van der Waals surface area contributed by atoms with Gasteiger partial charge in [0.05, 0.1) is 24.4 Å². The highest BCUT2D eigenvalue weighted by molar-refractivity contribution is 5.85. The molecular formula is C26H33N3O4. The van der Waals surface area contributed by atoms with E-state index in [1.54, 1.807) is 13.3 Å². The first-order chi connectivity index (χ1) is 16.0. The molecule has 2 heterocycles. The number of para-hydroxylation sites is 1. The molecule has 33 heavy (non-hydrogen) atoms. The zero-order valence-corrected chi connectivity index (χ0v) is 19.7. The highest BCUT2D eigenvalue weighted by Gasteiger charge is 2.30. The summed E-state index contributed by atoms with van der Waals surface area (Å²) in [5.74, 6) is 0.829. The minimum Gasteiger partial charge on any atom is -0.480 e. The molecule has 0 spiro atoms. The van der Waals surface area contributed by atoms with E-state index < -0.39 is 0 Å². The molecule has 3 aromatic rings. The van der Waals surface area contributed by atoms with Gasteiger partial charge >= 0.3 is 0 Å². The number of aromatic nitrogens is 2. The lowest BCUT2D eigenvalue weighted by Crippen LogP contribution is -2.28. The van der Waals surface area contributed by atoms with Crippen LogP contribution < -0.4 is 10.5 Å². The number of pyridine rings is 1. The van der Waals surface area contributed by atoms with E-state index in [4.69, 9.17) is 14.9 Å². The van der Waals surface area contributed by atoms with Gasteiger partial charge in [0.1, 0.15) is 5.78 Å². The molecule has 0 bridgehead atoms. The van der Waals surface area contributed by atoms with Crippen molar-refractivity contribution < 1.29 is 18.7 Å². The third-order valence-corrected chi connectivity index (χ3v) is 6.14. The number of ketones is 1. The fraction of sp³-hybridized carbons (Fsp3) is 0.462. The van der Waals surface area contributed by atoms with Gasteiger partial charge in [0.25, 0.3) is 0 Å². The predicted molar refractivity (Wildman–Crippen MR) is 128 cm³/mol. The van der Waals surface area contributed by atoms with Gasteiger partial charge in [-0.25, -0.2) is 9.97 Å². The zero-order chi connectivity index (χ0) is 23.8. The topological polar surface area (TPSA) is 108 Å². The van der Waals surface area contributed by atoms with E-state index in [1.807, 2.05) is 44.2 Å². The highest BCUT2D eigenvalue weighted by atomic mass is 16.5. The van der Waals surface area contributed by atoms with Crippen molar-refractivity contribution in [2.75, 3.05) is 7.11 Å². The maximum atomic E-state index is 12.2. The van der Waals surface area contributed by atoms with Gasteiger partial charge in [0, 0.05) is 30.1 Å². The number of methoxy groups -OCH3 is 1.